The Balaban J connectivity index is 1.86. The summed E-state index contributed by atoms with van der Waals surface area (Å²) in [6, 6.07) is 4.88. The Morgan fingerprint density at radius 1 is 1.32 bits per heavy atom. The second-order valence-electron chi connectivity index (χ2n) is 6.08. The van der Waals surface area contributed by atoms with Gasteiger partial charge in [0.2, 0.25) is 0 Å². The molecule has 1 aliphatic heterocycles. The van der Waals surface area contributed by atoms with Crippen LogP contribution >= 0.6 is 23.2 Å². The van der Waals surface area contributed by atoms with E-state index in [1.807, 2.05) is 13.8 Å². The van der Waals surface area contributed by atoms with Crippen LogP contribution in [0.15, 0.2) is 18.2 Å². The molecule has 1 aromatic rings. The van der Waals surface area contributed by atoms with E-state index in [0.29, 0.717) is 21.7 Å². The summed E-state index contributed by atoms with van der Waals surface area (Å²) >= 11 is 11.8. The third-order valence-electron chi connectivity index (χ3n) is 4.04. The van der Waals surface area contributed by atoms with E-state index in [4.69, 9.17) is 32.7 Å². The Morgan fingerprint density at radius 3 is 2.64 bits per heavy atom. The molecule has 4 nitrogen and oxygen atoms in total. The molecule has 0 radical (unpaired) electrons. The monoisotopic (exact) mass is 346 g/mol. The molecule has 1 heterocycles. The highest BCUT2D eigenvalue weighted by molar-refractivity contribution is 6.35. The lowest BCUT2D eigenvalue weighted by Crippen LogP contribution is -2.86. The zero-order valence-corrected chi connectivity index (χ0v) is 14.4. The number of carbonyl (C=O) groups is 1. The van der Waals surface area contributed by atoms with Crippen molar-refractivity contribution in [2.45, 2.75) is 32.3 Å². The van der Waals surface area contributed by atoms with Crippen molar-refractivity contribution in [3.63, 3.8) is 0 Å². The summed E-state index contributed by atoms with van der Waals surface area (Å²) in [6.45, 7) is 5.95. The molecule has 0 atom stereocenters. The first kappa shape index (κ1) is 17.4. The normalized spacial score (nSPS) is 16.4. The molecule has 0 unspecified atom stereocenters. The number of nitrogens with two attached hydrogens (primary N) is 1. The van der Waals surface area contributed by atoms with Gasteiger partial charge >= 0.3 is 5.97 Å². The van der Waals surface area contributed by atoms with Crippen LogP contribution in [-0.4, -0.2) is 31.3 Å². The second kappa shape index (κ2) is 7.53. The van der Waals surface area contributed by atoms with Gasteiger partial charge in [0.15, 0.2) is 6.61 Å². The van der Waals surface area contributed by atoms with Gasteiger partial charge in [-0.2, -0.15) is 0 Å². The molecule has 0 bridgehead atoms. The van der Waals surface area contributed by atoms with E-state index in [2.05, 4.69) is 5.32 Å². The molecule has 1 aliphatic rings. The molecule has 0 amide bonds. The van der Waals surface area contributed by atoms with Crippen molar-refractivity contribution in [1.82, 2.24) is 0 Å². The second-order valence-corrected chi connectivity index (χ2v) is 6.92. The summed E-state index contributed by atoms with van der Waals surface area (Å²) in [6.07, 6.45) is 2.12. The summed E-state index contributed by atoms with van der Waals surface area (Å²) in [5.41, 5.74) is -0.474. The quantitative estimate of drug-likeness (QED) is 0.834. The molecular weight excluding hydrogens is 325 g/mol. The summed E-state index contributed by atoms with van der Waals surface area (Å²) in [4.78, 5) is 12.0. The van der Waals surface area contributed by atoms with Crippen molar-refractivity contribution >= 4 is 29.2 Å². The Hall–Kier alpha value is -0.970. The molecule has 2 rings (SSSR count). The maximum Gasteiger partial charge on any atom is 0.344 e. The summed E-state index contributed by atoms with van der Waals surface area (Å²) in [5.74, 6) is 0.430. The predicted molar refractivity (Wildman–Crippen MR) is 86.5 cm³/mol. The number of hydrogen-bond donors (Lipinski definition) is 1. The van der Waals surface area contributed by atoms with Crippen molar-refractivity contribution in [1.29, 1.82) is 0 Å². The van der Waals surface area contributed by atoms with E-state index in [0.717, 1.165) is 25.9 Å². The zero-order chi connectivity index (χ0) is 16.2. The van der Waals surface area contributed by atoms with Crippen molar-refractivity contribution in [3.05, 3.63) is 28.2 Å². The first-order chi connectivity index (χ1) is 10.4. The van der Waals surface area contributed by atoms with Crippen LogP contribution in [0.1, 0.15) is 26.7 Å². The highest BCUT2D eigenvalue weighted by atomic mass is 35.5. The molecule has 2 N–H and O–H groups in total. The van der Waals surface area contributed by atoms with Gasteiger partial charge < -0.3 is 14.8 Å². The van der Waals surface area contributed by atoms with Crippen LogP contribution in [0.4, 0.5) is 0 Å². The SMILES string of the molecule is CC(C)(OC(=O)COc1ccc(Cl)cc1Cl)C1CC[NH2+]CC1. The number of piperidine rings is 1. The molecule has 0 aromatic heterocycles. The van der Waals surface area contributed by atoms with E-state index in [-0.39, 0.29) is 12.6 Å². The number of quaternary nitrogens is 1. The molecule has 0 saturated carbocycles. The van der Waals surface area contributed by atoms with Crippen LogP contribution in [0, 0.1) is 5.92 Å². The van der Waals surface area contributed by atoms with Crippen LogP contribution in [0.3, 0.4) is 0 Å². The topological polar surface area (TPSA) is 52.1 Å². The van der Waals surface area contributed by atoms with E-state index >= 15 is 0 Å². The van der Waals surface area contributed by atoms with Crippen LogP contribution < -0.4 is 10.1 Å². The summed E-state index contributed by atoms with van der Waals surface area (Å²) in [7, 11) is 0. The van der Waals surface area contributed by atoms with Gasteiger partial charge in [0.25, 0.3) is 0 Å². The van der Waals surface area contributed by atoms with E-state index in [1.165, 1.54) is 0 Å². The molecule has 0 aliphatic carbocycles. The largest absolute Gasteiger partial charge is 0.480 e. The van der Waals surface area contributed by atoms with Crippen molar-refractivity contribution in [2.24, 2.45) is 5.92 Å². The number of benzene rings is 1. The number of halogens is 2. The summed E-state index contributed by atoms with van der Waals surface area (Å²) in [5, 5.41) is 3.19. The molecule has 6 heteroatoms. The molecule has 0 spiro atoms. The number of esters is 1. The van der Waals surface area contributed by atoms with Gasteiger partial charge in [-0.25, -0.2) is 4.79 Å². The van der Waals surface area contributed by atoms with Gasteiger partial charge in [0, 0.05) is 23.8 Å². The average Bonchev–Trinajstić information content (AvgIpc) is 2.47. The molecule has 122 valence electrons. The average molecular weight is 347 g/mol. The molecule has 1 saturated heterocycles. The fourth-order valence-corrected chi connectivity index (χ4v) is 3.22. The van der Waals surface area contributed by atoms with Gasteiger partial charge in [-0.05, 0) is 32.0 Å². The lowest BCUT2D eigenvalue weighted by Gasteiger charge is -2.35. The third kappa shape index (κ3) is 4.77. The highest BCUT2D eigenvalue weighted by Gasteiger charge is 2.35. The minimum atomic E-state index is -0.474. The van der Waals surface area contributed by atoms with Crippen molar-refractivity contribution < 1.29 is 19.6 Å². The number of carbonyl (C=O) groups excluding carboxylic acids is 1. The van der Waals surface area contributed by atoms with Crippen LogP contribution in [0.25, 0.3) is 0 Å². The van der Waals surface area contributed by atoms with E-state index in [1.54, 1.807) is 18.2 Å². The Kier molecular flexibility index (Phi) is 5.95. The fraction of sp³-hybridized carbons (Fsp3) is 0.562. The maximum atomic E-state index is 12.0. The number of ether oxygens (including phenoxy) is 2. The van der Waals surface area contributed by atoms with Gasteiger partial charge in [-0.3, -0.25) is 0 Å². The molecule has 22 heavy (non-hydrogen) atoms. The maximum absolute atomic E-state index is 12.0. The van der Waals surface area contributed by atoms with Crippen LogP contribution in [0.5, 0.6) is 5.75 Å². The highest BCUT2D eigenvalue weighted by Crippen LogP contribution is 2.29. The Labute approximate surface area is 141 Å². The van der Waals surface area contributed by atoms with Crippen molar-refractivity contribution in [2.75, 3.05) is 19.7 Å². The van der Waals surface area contributed by atoms with E-state index < -0.39 is 5.60 Å². The lowest BCUT2D eigenvalue weighted by atomic mass is 9.83. The first-order valence-corrected chi connectivity index (χ1v) is 8.25. The molecule has 1 fully saturated rings. The molecular formula is C16H22Cl2NO3+. The Bertz CT molecular complexity index is 528. The minimum absolute atomic E-state index is 0.163. The Morgan fingerprint density at radius 2 is 2.00 bits per heavy atom. The van der Waals surface area contributed by atoms with Gasteiger partial charge in [-0.1, -0.05) is 23.2 Å². The lowest BCUT2D eigenvalue weighted by molar-refractivity contribution is -0.665. The fourth-order valence-electron chi connectivity index (χ4n) is 2.76. The van der Waals surface area contributed by atoms with E-state index in [9.17, 15) is 4.79 Å². The first-order valence-electron chi connectivity index (χ1n) is 7.50. The number of hydrogen-bond acceptors (Lipinski definition) is 3. The van der Waals surface area contributed by atoms with Crippen LogP contribution in [0.2, 0.25) is 10.0 Å². The zero-order valence-electron chi connectivity index (χ0n) is 12.9. The van der Waals surface area contributed by atoms with Gasteiger partial charge in [-0.15, -0.1) is 0 Å². The van der Waals surface area contributed by atoms with Crippen LogP contribution in [-0.2, 0) is 9.53 Å². The summed E-state index contributed by atoms with van der Waals surface area (Å²) < 4.78 is 11.0. The minimum Gasteiger partial charge on any atom is -0.480 e. The smallest absolute Gasteiger partial charge is 0.344 e. The van der Waals surface area contributed by atoms with Gasteiger partial charge in [0.05, 0.1) is 18.1 Å². The standard InChI is InChI=1S/C16H21Cl2NO3/c1-16(2,11-5-7-19-8-6-11)22-15(20)10-21-14-4-3-12(17)9-13(14)18/h3-4,9,11,19H,5-8,10H2,1-2H3/p+1. The van der Waals surface area contributed by atoms with Gasteiger partial charge in [0.1, 0.15) is 11.4 Å². The molecule has 1 aromatic carbocycles. The number of rotatable bonds is 5. The third-order valence-corrected chi connectivity index (χ3v) is 4.57. The van der Waals surface area contributed by atoms with Crippen molar-refractivity contribution in [3.8, 4) is 5.75 Å². The predicted octanol–water partition coefficient (Wildman–Crippen LogP) is 2.67.